The van der Waals surface area contributed by atoms with E-state index in [-0.39, 0.29) is 5.91 Å². The molecular formula is C13H14N2O2. The van der Waals surface area contributed by atoms with Gasteiger partial charge in [0.25, 0.3) is 5.91 Å². The molecule has 0 aliphatic carbocycles. The lowest BCUT2D eigenvalue weighted by Crippen LogP contribution is -2.27. The number of hydrogen-bond acceptors (Lipinski definition) is 3. The molecule has 0 atom stereocenters. The number of carbonyl (C=O) groups is 1. The van der Waals surface area contributed by atoms with Crippen molar-refractivity contribution in [2.75, 3.05) is 20.3 Å². The van der Waals surface area contributed by atoms with Crippen molar-refractivity contribution in [3.63, 3.8) is 0 Å². The number of methoxy groups -OCH3 is 1. The lowest BCUT2D eigenvalue weighted by atomic mass is 10.1. The Morgan fingerprint density at radius 3 is 3.00 bits per heavy atom. The van der Waals surface area contributed by atoms with E-state index in [1.54, 1.807) is 13.3 Å². The molecule has 0 spiro atoms. The number of benzene rings is 1. The fraction of sp³-hybridized carbons (Fsp3) is 0.231. The Labute approximate surface area is 99.6 Å². The Morgan fingerprint density at radius 1 is 1.35 bits per heavy atom. The zero-order valence-electron chi connectivity index (χ0n) is 9.64. The van der Waals surface area contributed by atoms with E-state index in [1.165, 1.54) is 0 Å². The van der Waals surface area contributed by atoms with Crippen LogP contribution in [0, 0.1) is 0 Å². The molecule has 0 unspecified atom stereocenters. The van der Waals surface area contributed by atoms with Crippen LogP contribution in [0.25, 0.3) is 10.8 Å². The van der Waals surface area contributed by atoms with E-state index < -0.39 is 0 Å². The number of aromatic nitrogens is 1. The maximum absolute atomic E-state index is 11.9. The predicted molar refractivity (Wildman–Crippen MR) is 66.0 cm³/mol. The summed E-state index contributed by atoms with van der Waals surface area (Å²) in [6.45, 7) is 0.983. The number of pyridine rings is 1. The van der Waals surface area contributed by atoms with Crippen molar-refractivity contribution in [2.45, 2.75) is 0 Å². The van der Waals surface area contributed by atoms with Gasteiger partial charge in [-0.1, -0.05) is 24.3 Å². The molecule has 0 fully saturated rings. The molecule has 0 radical (unpaired) electrons. The van der Waals surface area contributed by atoms with Crippen molar-refractivity contribution in [3.8, 4) is 0 Å². The smallest absolute Gasteiger partial charge is 0.270 e. The van der Waals surface area contributed by atoms with Crippen LogP contribution in [0.5, 0.6) is 0 Å². The van der Waals surface area contributed by atoms with Crippen molar-refractivity contribution in [3.05, 3.63) is 42.2 Å². The monoisotopic (exact) mass is 230 g/mol. The summed E-state index contributed by atoms with van der Waals surface area (Å²) in [6.07, 6.45) is 1.65. The van der Waals surface area contributed by atoms with Gasteiger partial charge in [0.2, 0.25) is 0 Å². The van der Waals surface area contributed by atoms with Gasteiger partial charge in [-0.3, -0.25) is 9.78 Å². The highest BCUT2D eigenvalue weighted by Crippen LogP contribution is 2.15. The molecule has 88 valence electrons. The van der Waals surface area contributed by atoms with Crippen LogP contribution in [0.15, 0.2) is 36.5 Å². The van der Waals surface area contributed by atoms with Gasteiger partial charge in [-0.05, 0) is 11.5 Å². The Balaban J connectivity index is 2.26. The molecule has 4 nitrogen and oxygen atoms in total. The zero-order valence-corrected chi connectivity index (χ0v) is 9.64. The van der Waals surface area contributed by atoms with Gasteiger partial charge in [0.1, 0.15) is 5.69 Å². The van der Waals surface area contributed by atoms with Crippen molar-refractivity contribution in [1.29, 1.82) is 0 Å². The third-order valence-electron chi connectivity index (χ3n) is 2.48. The molecule has 0 aliphatic rings. The summed E-state index contributed by atoms with van der Waals surface area (Å²) in [5.41, 5.74) is 0.458. The number of hydrogen-bond donors (Lipinski definition) is 1. The second-order valence-electron chi connectivity index (χ2n) is 3.63. The number of amides is 1. The number of fused-ring (bicyclic) bond motifs is 1. The fourth-order valence-electron chi connectivity index (χ4n) is 1.65. The van der Waals surface area contributed by atoms with Crippen LogP contribution in [0.3, 0.4) is 0 Å². The molecule has 1 aromatic carbocycles. The standard InChI is InChI=1S/C13H14N2O2/c1-17-9-8-15-13(16)12-11-5-3-2-4-10(11)6-7-14-12/h2-7H,8-9H2,1H3,(H,15,16). The number of rotatable bonds is 4. The van der Waals surface area contributed by atoms with Gasteiger partial charge < -0.3 is 10.1 Å². The minimum atomic E-state index is -0.168. The SMILES string of the molecule is COCCNC(=O)c1nccc2ccccc12. The molecule has 0 bridgehead atoms. The van der Waals surface area contributed by atoms with Crippen LogP contribution in [0.2, 0.25) is 0 Å². The summed E-state index contributed by atoms with van der Waals surface area (Å²) < 4.78 is 4.88. The third kappa shape index (κ3) is 2.60. The first kappa shape index (κ1) is 11.5. The Kier molecular flexibility index (Phi) is 3.67. The Bertz CT molecular complexity index is 520. The quantitative estimate of drug-likeness (QED) is 0.812. The van der Waals surface area contributed by atoms with E-state index in [4.69, 9.17) is 4.74 Å². The summed E-state index contributed by atoms with van der Waals surface area (Å²) >= 11 is 0. The molecule has 1 amide bonds. The maximum Gasteiger partial charge on any atom is 0.270 e. The summed E-state index contributed by atoms with van der Waals surface area (Å²) in [7, 11) is 1.60. The molecule has 0 aliphatic heterocycles. The van der Waals surface area contributed by atoms with Gasteiger partial charge in [0.05, 0.1) is 6.61 Å². The highest BCUT2D eigenvalue weighted by Gasteiger charge is 2.10. The highest BCUT2D eigenvalue weighted by atomic mass is 16.5. The molecule has 2 aromatic rings. The van der Waals surface area contributed by atoms with Crippen LogP contribution >= 0.6 is 0 Å². The van der Waals surface area contributed by atoms with Crippen molar-refractivity contribution in [1.82, 2.24) is 10.3 Å². The first-order chi connectivity index (χ1) is 8.33. The number of carbonyl (C=O) groups excluding carboxylic acids is 1. The van der Waals surface area contributed by atoms with Crippen molar-refractivity contribution < 1.29 is 9.53 Å². The number of nitrogens with one attached hydrogen (secondary N) is 1. The van der Waals surface area contributed by atoms with Gasteiger partial charge >= 0.3 is 0 Å². The van der Waals surface area contributed by atoms with E-state index in [0.717, 1.165) is 10.8 Å². The van der Waals surface area contributed by atoms with Crippen LogP contribution in [0.1, 0.15) is 10.5 Å². The van der Waals surface area contributed by atoms with E-state index in [1.807, 2.05) is 30.3 Å². The van der Waals surface area contributed by atoms with E-state index in [2.05, 4.69) is 10.3 Å². The van der Waals surface area contributed by atoms with Crippen LogP contribution in [0.4, 0.5) is 0 Å². The van der Waals surface area contributed by atoms with Crippen LogP contribution in [-0.4, -0.2) is 31.2 Å². The van der Waals surface area contributed by atoms with Crippen molar-refractivity contribution in [2.24, 2.45) is 0 Å². The van der Waals surface area contributed by atoms with Crippen LogP contribution in [-0.2, 0) is 4.74 Å². The summed E-state index contributed by atoms with van der Waals surface area (Å²) in [5.74, 6) is -0.168. The fourth-order valence-corrected chi connectivity index (χ4v) is 1.65. The predicted octanol–water partition coefficient (Wildman–Crippen LogP) is 1.61. The summed E-state index contributed by atoms with van der Waals surface area (Å²) in [5, 5.41) is 4.64. The van der Waals surface area contributed by atoms with Gasteiger partial charge in [-0.15, -0.1) is 0 Å². The first-order valence-electron chi connectivity index (χ1n) is 5.44. The molecule has 0 saturated heterocycles. The average Bonchev–Trinajstić information content (AvgIpc) is 2.38. The second kappa shape index (κ2) is 5.41. The van der Waals surface area contributed by atoms with E-state index >= 15 is 0 Å². The van der Waals surface area contributed by atoms with Gasteiger partial charge in [-0.2, -0.15) is 0 Å². The molecule has 1 N–H and O–H groups in total. The van der Waals surface area contributed by atoms with Crippen LogP contribution < -0.4 is 5.32 Å². The minimum Gasteiger partial charge on any atom is -0.383 e. The lowest BCUT2D eigenvalue weighted by molar-refractivity contribution is 0.0934. The molecule has 17 heavy (non-hydrogen) atoms. The Hall–Kier alpha value is -1.94. The molecule has 2 rings (SSSR count). The Morgan fingerprint density at radius 2 is 2.18 bits per heavy atom. The molecule has 1 aromatic heterocycles. The number of nitrogens with zero attached hydrogens (tertiary/aromatic N) is 1. The molecular weight excluding hydrogens is 216 g/mol. The normalized spacial score (nSPS) is 10.4. The van der Waals surface area contributed by atoms with Gasteiger partial charge in [-0.25, -0.2) is 0 Å². The molecule has 1 heterocycles. The maximum atomic E-state index is 11.9. The summed E-state index contributed by atoms with van der Waals surface area (Å²) in [4.78, 5) is 16.0. The van der Waals surface area contributed by atoms with Gasteiger partial charge in [0.15, 0.2) is 0 Å². The summed E-state index contributed by atoms with van der Waals surface area (Å²) in [6, 6.07) is 9.59. The zero-order chi connectivity index (χ0) is 12.1. The number of ether oxygens (including phenoxy) is 1. The van der Waals surface area contributed by atoms with E-state index in [9.17, 15) is 4.79 Å². The lowest BCUT2D eigenvalue weighted by Gasteiger charge is -2.06. The van der Waals surface area contributed by atoms with Gasteiger partial charge in [0, 0.05) is 25.2 Å². The minimum absolute atomic E-state index is 0.168. The largest absolute Gasteiger partial charge is 0.383 e. The van der Waals surface area contributed by atoms with E-state index in [0.29, 0.717) is 18.8 Å². The molecule has 4 heteroatoms. The molecule has 0 saturated carbocycles. The highest BCUT2D eigenvalue weighted by molar-refractivity contribution is 6.05. The van der Waals surface area contributed by atoms with Crippen molar-refractivity contribution >= 4 is 16.7 Å². The second-order valence-corrected chi connectivity index (χ2v) is 3.63. The third-order valence-corrected chi connectivity index (χ3v) is 2.48. The topological polar surface area (TPSA) is 51.2 Å². The average molecular weight is 230 g/mol. The first-order valence-corrected chi connectivity index (χ1v) is 5.44.